The summed E-state index contributed by atoms with van der Waals surface area (Å²) < 4.78 is 0. The van der Waals surface area contributed by atoms with Crippen molar-refractivity contribution in [1.82, 2.24) is 4.98 Å². The van der Waals surface area contributed by atoms with Crippen molar-refractivity contribution in [1.29, 1.82) is 0 Å². The van der Waals surface area contributed by atoms with E-state index < -0.39 is 0 Å². The summed E-state index contributed by atoms with van der Waals surface area (Å²) >= 11 is 2.00. The monoisotopic (exact) mass is 438 g/mol. The van der Waals surface area contributed by atoms with Crippen LogP contribution in [0.5, 0.6) is 0 Å². The van der Waals surface area contributed by atoms with Gasteiger partial charge in [-0.2, -0.15) is 0 Å². The average molecular weight is 439 g/mol. The molecule has 5 rings (SSSR count). The first-order chi connectivity index (χ1) is 14.4. The molecule has 30 heavy (non-hydrogen) atoms. The number of hydrogen-bond acceptors (Lipinski definition) is 2. The van der Waals surface area contributed by atoms with Crippen molar-refractivity contribution in [2.75, 3.05) is 0 Å². The van der Waals surface area contributed by atoms with E-state index in [9.17, 15) is 0 Å². The van der Waals surface area contributed by atoms with Gasteiger partial charge < -0.3 is 12.4 Å². The molecule has 0 N–H and O–H groups in total. The minimum Gasteiger partial charge on any atom is -1.00 e. The first-order valence-electron chi connectivity index (χ1n) is 11.9. The second-order valence-corrected chi connectivity index (χ2v) is 10.1. The van der Waals surface area contributed by atoms with E-state index in [4.69, 9.17) is 4.98 Å². The summed E-state index contributed by atoms with van der Waals surface area (Å²) in [5.74, 6) is 0. The first kappa shape index (κ1) is 21.8. The van der Waals surface area contributed by atoms with Crippen LogP contribution in [0.1, 0.15) is 85.9 Å². The van der Waals surface area contributed by atoms with Gasteiger partial charge in [-0.25, -0.2) is 4.98 Å². The lowest BCUT2D eigenvalue weighted by Gasteiger charge is -2.19. The summed E-state index contributed by atoms with van der Waals surface area (Å²) in [7, 11) is 0. The van der Waals surface area contributed by atoms with Crippen molar-refractivity contribution in [3.05, 3.63) is 52.0 Å². The summed E-state index contributed by atoms with van der Waals surface area (Å²) in [6, 6.07) is 11.2. The predicted octanol–water partition coefficient (Wildman–Crippen LogP) is 5.07. The smallest absolute Gasteiger partial charge is 0.124 e. The molecule has 0 unspecified atom stereocenters. The molecule has 2 aliphatic carbocycles. The van der Waals surface area contributed by atoms with Gasteiger partial charge in [-0.1, -0.05) is 68.9 Å². The molecular formula is C27H33ClNS-. The van der Waals surface area contributed by atoms with Crippen LogP contribution in [0.4, 0.5) is 0 Å². The second kappa shape index (κ2) is 10.3. The van der Waals surface area contributed by atoms with Crippen LogP contribution >= 0.6 is 11.3 Å². The number of hydrogen-bond donors (Lipinski definition) is 0. The summed E-state index contributed by atoms with van der Waals surface area (Å²) in [6.07, 6.45) is 18.5. The molecule has 0 aliphatic heterocycles. The zero-order chi connectivity index (χ0) is 19.5. The van der Waals surface area contributed by atoms with Gasteiger partial charge in [0.1, 0.15) is 4.83 Å². The summed E-state index contributed by atoms with van der Waals surface area (Å²) in [5.41, 5.74) is 7.58. The zero-order valence-corrected chi connectivity index (χ0v) is 19.6. The van der Waals surface area contributed by atoms with Crippen molar-refractivity contribution >= 4 is 21.6 Å². The third-order valence-corrected chi connectivity index (χ3v) is 8.13. The molecule has 3 heteroatoms. The molecule has 1 aromatic carbocycles. The largest absolute Gasteiger partial charge is 1.00 e. The quantitative estimate of drug-likeness (QED) is 0.517. The number of thiophene rings is 1. The molecule has 2 aromatic heterocycles. The Balaban J connectivity index is 0.00000218. The predicted molar refractivity (Wildman–Crippen MR) is 126 cm³/mol. The van der Waals surface area contributed by atoms with Crippen LogP contribution in [-0.2, 0) is 25.7 Å². The van der Waals surface area contributed by atoms with Gasteiger partial charge in [0.2, 0.25) is 0 Å². The molecule has 2 heterocycles. The number of aromatic nitrogens is 1. The molecule has 0 atom stereocenters. The molecule has 0 fully saturated rings. The highest BCUT2D eigenvalue weighted by molar-refractivity contribution is 7.19. The molecule has 0 bridgehead atoms. The molecule has 160 valence electrons. The Morgan fingerprint density at radius 2 is 1.23 bits per heavy atom. The van der Waals surface area contributed by atoms with Crippen LogP contribution < -0.4 is 12.4 Å². The minimum atomic E-state index is 0. The van der Waals surface area contributed by atoms with Gasteiger partial charge in [0.25, 0.3) is 0 Å². The lowest BCUT2D eigenvalue weighted by Crippen LogP contribution is -3.00. The highest BCUT2D eigenvalue weighted by Crippen LogP contribution is 2.43. The lowest BCUT2D eigenvalue weighted by atomic mass is 9.87. The first-order valence-corrected chi connectivity index (χ1v) is 12.7. The van der Waals surface area contributed by atoms with Crippen LogP contribution in [0.15, 0.2) is 30.3 Å². The Bertz CT molecular complexity index is 976. The minimum absolute atomic E-state index is 0. The molecule has 1 nitrogen and oxygen atoms in total. The van der Waals surface area contributed by atoms with Gasteiger partial charge in [-0.05, 0) is 73.6 Å². The molecule has 0 amide bonds. The van der Waals surface area contributed by atoms with E-state index in [1.807, 2.05) is 11.3 Å². The fourth-order valence-corrected chi connectivity index (χ4v) is 6.72. The number of pyridine rings is 1. The molecule has 0 spiro atoms. The third kappa shape index (κ3) is 4.46. The van der Waals surface area contributed by atoms with E-state index in [0.29, 0.717) is 0 Å². The van der Waals surface area contributed by atoms with Crippen LogP contribution in [0.2, 0.25) is 0 Å². The van der Waals surface area contributed by atoms with E-state index in [1.165, 1.54) is 105 Å². The van der Waals surface area contributed by atoms with E-state index in [0.717, 1.165) is 6.42 Å². The van der Waals surface area contributed by atoms with Crippen molar-refractivity contribution in [2.45, 2.75) is 89.9 Å². The van der Waals surface area contributed by atoms with Crippen molar-refractivity contribution in [3.63, 3.8) is 0 Å². The number of aryl methyl sites for hydroxylation is 3. The third-order valence-electron chi connectivity index (χ3n) is 6.94. The van der Waals surface area contributed by atoms with Gasteiger partial charge in [0.15, 0.2) is 0 Å². The molecule has 0 saturated heterocycles. The van der Waals surface area contributed by atoms with Gasteiger partial charge in [-0.15, -0.1) is 11.3 Å². The number of fused-ring (bicyclic) bond motifs is 4. The summed E-state index contributed by atoms with van der Waals surface area (Å²) in [4.78, 5) is 8.30. The van der Waals surface area contributed by atoms with E-state index in [1.54, 1.807) is 21.6 Å². The fourth-order valence-electron chi connectivity index (χ4n) is 5.43. The Morgan fingerprint density at radius 3 is 2.00 bits per heavy atom. The number of benzene rings is 1. The van der Waals surface area contributed by atoms with Crippen LogP contribution in [-0.4, -0.2) is 4.98 Å². The molecular weight excluding hydrogens is 406 g/mol. The van der Waals surface area contributed by atoms with E-state index in [2.05, 4.69) is 30.3 Å². The van der Waals surface area contributed by atoms with Crippen molar-refractivity contribution < 1.29 is 12.4 Å². The maximum Gasteiger partial charge on any atom is 0.124 e. The Morgan fingerprint density at radius 1 is 0.633 bits per heavy atom. The molecule has 0 radical (unpaired) electrons. The second-order valence-electron chi connectivity index (χ2n) is 9.00. The number of rotatable bonds is 1. The lowest BCUT2D eigenvalue weighted by molar-refractivity contribution is -0.00000581. The van der Waals surface area contributed by atoms with Crippen LogP contribution in [0.25, 0.3) is 21.3 Å². The van der Waals surface area contributed by atoms with Crippen molar-refractivity contribution in [2.24, 2.45) is 0 Å². The molecule has 2 aliphatic rings. The van der Waals surface area contributed by atoms with E-state index >= 15 is 0 Å². The Kier molecular flexibility index (Phi) is 7.49. The fraction of sp³-hybridized carbons (Fsp3) is 0.519. The van der Waals surface area contributed by atoms with Crippen LogP contribution in [0, 0.1) is 0 Å². The topological polar surface area (TPSA) is 12.9 Å². The highest BCUT2D eigenvalue weighted by Gasteiger charge is 2.24. The van der Waals surface area contributed by atoms with Crippen LogP contribution in [0.3, 0.4) is 0 Å². The standard InChI is InChI=1S/C27H33NS.ClH/c1-2-4-6-11-18-23-21(16-10-5-3-1)25(20-14-8-7-9-15-20)26-22-17-12-13-19-24(22)29-27(26)28-23;/h7-9,14-15H,1-6,10-13,16-19H2;1H/p-1. The molecule has 0 saturated carbocycles. The highest BCUT2D eigenvalue weighted by atomic mass is 35.5. The maximum absolute atomic E-state index is 5.35. The average Bonchev–Trinajstić information content (AvgIpc) is 3.12. The van der Waals surface area contributed by atoms with Gasteiger partial charge in [0.05, 0.1) is 0 Å². The Labute approximate surface area is 191 Å². The SMILES string of the molecule is [Cl-].c1ccc(-c2c3c(nc4sc5c(c24)CCCC5)CCCCCCCCCC3)cc1. The number of halogens is 1. The van der Waals surface area contributed by atoms with Gasteiger partial charge in [-0.3, -0.25) is 0 Å². The summed E-state index contributed by atoms with van der Waals surface area (Å²) in [5, 5.41) is 1.52. The normalized spacial score (nSPS) is 17.9. The van der Waals surface area contributed by atoms with Crippen molar-refractivity contribution in [3.8, 4) is 11.1 Å². The number of nitrogens with zero attached hydrogens (tertiary/aromatic N) is 1. The maximum atomic E-state index is 5.35. The van der Waals surface area contributed by atoms with Gasteiger partial charge in [0, 0.05) is 16.0 Å². The molecule has 3 aromatic rings. The zero-order valence-electron chi connectivity index (χ0n) is 18.0. The Hall–Kier alpha value is -1.38. The summed E-state index contributed by atoms with van der Waals surface area (Å²) in [6.45, 7) is 0. The van der Waals surface area contributed by atoms with Gasteiger partial charge >= 0.3 is 0 Å². The van der Waals surface area contributed by atoms with E-state index in [-0.39, 0.29) is 12.4 Å².